The van der Waals surface area contributed by atoms with E-state index < -0.39 is 28.3 Å². The van der Waals surface area contributed by atoms with Gasteiger partial charge in [0, 0.05) is 49.9 Å². The molecule has 0 bridgehead atoms. The predicted octanol–water partition coefficient (Wildman–Crippen LogP) is 5.54. The summed E-state index contributed by atoms with van der Waals surface area (Å²) in [6.45, 7) is 11.7. The third-order valence-electron chi connectivity index (χ3n) is 7.00. The minimum absolute atomic E-state index is 0.177. The molecule has 1 aromatic carbocycles. The summed E-state index contributed by atoms with van der Waals surface area (Å²) in [6.07, 6.45) is 3.76. The number of fused-ring (bicyclic) bond motifs is 1. The largest absolute Gasteiger partial charge is 0.494 e. The molecule has 5 rings (SSSR count). The van der Waals surface area contributed by atoms with Crippen LogP contribution in [0.25, 0.3) is 38.1 Å². The smallest absolute Gasteiger partial charge is 0.268 e. The van der Waals surface area contributed by atoms with Crippen LogP contribution in [0.2, 0.25) is 0 Å². The molecule has 0 aliphatic carbocycles. The zero-order chi connectivity index (χ0) is 27.9. The van der Waals surface area contributed by atoms with Gasteiger partial charge in [0.15, 0.2) is 23.1 Å². The fourth-order valence-corrected chi connectivity index (χ4v) is 4.74. The number of pyridine rings is 3. The van der Waals surface area contributed by atoms with Crippen LogP contribution in [-0.4, -0.2) is 42.0 Å². The third kappa shape index (κ3) is 4.49. The summed E-state index contributed by atoms with van der Waals surface area (Å²) < 4.78 is 48.1. The quantitative estimate of drug-likeness (QED) is 0.304. The number of hydrogen-bond donors (Lipinski definition) is 0. The Morgan fingerprint density at radius 3 is 2.36 bits per heavy atom. The summed E-state index contributed by atoms with van der Waals surface area (Å²) in [4.78, 5) is 26.6. The van der Waals surface area contributed by atoms with Gasteiger partial charge >= 0.3 is 0 Å². The zero-order valence-electron chi connectivity index (χ0n) is 21.9. The number of aromatic nitrogens is 3. The highest BCUT2D eigenvalue weighted by atomic mass is 19.1. The van der Waals surface area contributed by atoms with Crippen molar-refractivity contribution in [1.29, 1.82) is 0 Å². The molecule has 3 aromatic heterocycles. The summed E-state index contributed by atoms with van der Waals surface area (Å²) in [5.41, 5.74) is 0.387. The van der Waals surface area contributed by atoms with Gasteiger partial charge in [-0.2, -0.15) is 0 Å². The van der Waals surface area contributed by atoms with Crippen molar-refractivity contribution in [2.75, 3.05) is 27.4 Å². The highest BCUT2D eigenvalue weighted by molar-refractivity contribution is 5.87. The van der Waals surface area contributed by atoms with E-state index in [-0.39, 0.29) is 29.7 Å². The second kappa shape index (κ2) is 10.1. The van der Waals surface area contributed by atoms with Gasteiger partial charge in [-0.3, -0.25) is 14.8 Å². The normalized spacial score (nSPS) is 15.4. The lowest BCUT2D eigenvalue weighted by molar-refractivity contribution is 0.186. The van der Waals surface area contributed by atoms with E-state index in [1.54, 1.807) is 38.4 Å². The molecule has 10 heteroatoms. The molecule has 1 unspecified atom stereocenters. The lowest BCUT2D eigenvalue weighted by Crippen LogP contribution is -2.27. The van der Waals surface area contributed by atoms with E-state index in [4.69, 9.17) is 20.8 Å². The summed E-state index contributed by atoms with van der Waals surface area (Å²) in [7, 11) is 2.51. The number of rotatable bonds is 6. The Kier molecular flexibility index (Phi) is 6.78. The fourth-order valence-electron chi connectivity index (χ4n) is 4.74. The number of methoxy groups -OCH3 is 2. The maximum absolute atomic E-state index is 15.4. The first kappa shape index (κ1) is 26.3. The first-order valence-electron chi connectivity index (χ1n) is 12.3. The molecule has 1 saturated heterocycles. The molecular formula is C29H26F2N4O4. The van der Waals surface area contributed by atoms with E-state index >= 15 is 8.78 Å². The van der Waals surface area contributed by atoms with Gasteiger partial charge < -0.3 is 23.6 Å². The molecule has 0 spiro atoms. The number of benzene rings is 1. The van der Waals surface area contributed by atoms with Crippen molar-refractivity contribution in [3.63, 3.8) is 0 Å². The van der Waals surface area contributed by atoms with Gasteiger partial charge in [-0.25, -0.2) is 15.4 Å². The maximum atomic E-state index is 15.4. The van der Waals surface area contributed by atoms with E-state index in [0.717, 1.165) is 6.07 Å². The molecule has 8 nitrogen and oxygen atoms in total. The standard InChI is InChI=1S/C29H26F2N4O4/c1-29(2,32-3)24-7-6-16(13-34-24)20-11-21-17(14-33-20)10-19(28(36)35(21)18-8-9-39-15-18)25-26(30)22(37-4)12-23(38-5)27(25)31/h6-7,10-14,18H,8-9,15H2,1-2,4-5H3. The Bertz CT molecular complexity index is 1640. The van der Waals surface area contributed by atoms with Gasteiger partial charge in [-0.1, -0.05) is 0 Å². The second-order valence-electron chi connectivity index (χ2n) is 9.77. The Labute approximate surface area is 223 Å². The SMILES string of the molecule is [C-]#[N+]C(C)(C)c1ccc(-c2cc3c(cn2)cc(-c2c(F)c(OC)cc(OC)c2F)c(=O)n3C2CCOC2)cn1. The molecular weight excluding hydrogens is 506 g/mol. The average molecular weight is 533 g/mol. The van der Waals surface area contributed by atoms with E-state index in [9.17, 15) is 4.79 Å². The molecule has 1 aliphatic heterocycles. The van der Waals surface area contributed by atoms with Crippen LogP contribution in [0.5, 0.6) is 11.5 Å². The molecule has 1 aliphatic rings. The van der Waals surface area contributed by atoms with Gasteiger partial charge in [0.25, 0.3) is 11.1 Å². The average Bonchev–Trinajstić information content (AvgIpc) is 3.48. The van der Waals surface area contributed by atoms with Crippen LogP contribution < -0.4 is 15.0 Å². The zero-order valence-corrected chi connectivity index (χ0v) is 21.9. The maximum Gasteiger partial charge on any atom is 0.268 e. The van der Waals surface area contributed by atoms with Crippen molar-refractivity contribution in [3.8, 4) is 33.9 Å². The molecule has 4 heterocycles. The van der Waals surface area contributed by atoms with Crippen LogP contribution in [0.1, 0.15) is 32.0 Å². The Balaban J connectivity index is 1.74. The molecule has 4 aromatic rings. The second-order valence-corrected chi connectivity index (χ2v) is 9.77. The van der Waals surface area contributed by atoms with Gasteiger partial charge in [-0.05, 0) is 30.7 Å². The van der Waals surface area contributed by atoms with Crippen LogP contribution in [0.3, 0.4) is 0 Å². The molecule has 0 N–H and O–H groups in total. The predicted molar refractivity (Wildman–Crippen MR) is 142 cm³/mol. The topological polar surface area (TPSA) is 79.8 Å². The molecule has 200 valence electrons. The summed E-state index contributed by atoms with van der Waals surface area (Å²) >= 11 is 0. The van der Waals surface area contributed by atoms with Gasteiger partial charge in [0.2, 0.25) is 0 Å². The minimum Gasteiger partial charge on any atom is -0.494 e. The van der Waals surface area contributed by atoms with Crippen LogP contribution in [0.4, 0.5) is 8.78 Å². The highest BCUT2D eigenvalue weighted by Gasteiger charge is 2.29. The first-order chi connectivity index (χ1) is 18.7. The van der Waals surface area contributed by atoms with Crippen LogP contribution in [0, 0.1) is 18.2 Å². The van der Waals surface area contributed by atoms with Gasteiger partial charge in [-0.15, -0.1) is 0 Å². The summed E-state index contributed by atoms with van der Waals surface area (Å²) in [5, 5.41) is 0.513. The van der Waals surface area contributed by atoms with Crippen molar-refractivity contribution in [2.24, 2.45) is 0 Å². The van der Waals surface area contributed by atoms with Gasteiger partial charge in [0.1, 0.15) is 5.69 Å². The Morgan fingerprint density at radius 1 is 1.08 bits per heavy atom. The van der Waals surface area contributed by atoms with Crippen molar-refractivity contribution >= 4 is 10.9 Å². The fraction of sp³-hybridized carbons (Fsp3) is 0.310. The molecule has 1 atom stereocenters. The van der Waals surface area contributed by atoms with Crippen LogP contribution in [0.15, 0.2) is 47.5 Å². The summed E-state index contributed by atoms with van der Waals surface area (Å²) in [6, 6.07) is 7.56. The lowest BCUT2D eigenvalue weighted by Gasteiger charge is -2.19. The Morgan fingerprint density at radius 2 is 1.79 bits per heavy atom. The van der Waals surface area contributed by atoms with Gasteiger partial charge in [0.05, 0.1) is 49.2 Å². The molecule has 39 heavy (non-hydrogen) atoms. The molecule has 0 saturated carbocycles. The lowest BCUT2D eigenvalue weighted by atomic mass is 10.00. The van der Waals surface area contributed by atoms with E-state index in [1.165, 1.54) is 24.9 Å². The number of ether oxygens (including phenoxy) is 3. The van der Waals surface area contributed by atoms with Crippen LogP contribution in [-0.2, 0) is 10.3 Å². The number of nitrogens with zero attached hydrogens (tertiary/aromatic N) is 4. The first-order valence-corrected chi connectivity index (χ1v) is 12.3. The minimum atomic E-state index is -1.00. The third-order valence-corrected chi connectivity index (χ3v) is 7.00. The highest BCUT2D eigenvalue weighted by Crippen LogP contribution is 2.38. The molecule has 1 fully saturated rings. The number of halogens is 2. The van der Waals surface area contributed by atoms with E-state index in [0.29, 0.717) is 40.9 Å². The molecule has 0 amide bonds. The van der Waals surface area contributed by atoms with Crippen molar-refractivity contribution < 1.29 is 23.0 Å². The molecule has 0 radical (unpaired) electrons. The Hall–Kier alpha value is -4.36. The van der Waals surface area contributed by atoms with Crippen molar-refractivity contribution in [3.05, 3.63) is 81.8 Å². The van der Waals surface area contributed by atoms with E-state index in [2.05, 4.69) is 14.8 Å². The number of hydrogen-bond acceptors (Lipinski definition) is 6. The monoisotopic (exact) mass is 532 g/mol. The van der Waals surface area contributed by atoms with Crippen LogP contribution >= 0.6 is 0 Å². The van der Waals surface area contributed by atoms with E-state index in [1.807, 2.05) is 6.07 Å². The van der Waals surface area contributed by atoms with Crippen molar-refractivity contribution in [1.82, 2.24) is 14.5 Å². The summed E-state index contributed by atoms with van der Waals surface area (Å²) in [5.74, 6) is -2.49. The van der Waals surface area contributed by atoms with Crippen molar-refractivity contribution in [2.45, 2.75) is 31.8 Å².